The third kappa shape index (κ3) is 4.20. The third-order valence-electron chi connectivity index (χ3n) is 3.15. The van der Waals surface area contributed by atoms with Crippen molar-refractivity contribution in [3.8, 4) is 0 Å². The zero-order valence-electron chi connectivity index (χ0n) is 13.5. The highest BCUT2D eigenvalue weighted by molar-refractivity contribution is 5.92. The molecular weight excluding hydrogens is 288 g/mol. The lowest BCUT2D eigenvalue weighted by molar-refractivity contribution is -0.116. The molecule has 0 aromatic carbocycles. The van der Waals surface area contributed by atoms with Crippen molar-refractivity contribution in [3.05, 3.63) is 20.8 Å². The predicted molar refractivity (Wildman–Crippen MR) is 84.9 cm³/mol. The van der Waals surface area contributed by atoms with E-state index in [1.165, 1.54) is 11.6 Å². The molecule has 0 unspecified atom stereocenters. The summed E-state index contributed by atoms with van der Waals surface area (Å²) in [5.74, 6) is -0.180. The van der Waals surface area contributed by atoms with Crippen molar-refractivity contribution >= 4 is 17.4 Å². The van der Waals surface area contributed by atoms with Gasteiger partial charge in [-0.15, -0.1) is 0 Å². The molecule has 0 fully saturated rings. The first kappa shape index (κ1) is 18.0. The van der Waals surface area contributed by atoms with Gasteiger partial charge in [0.2, 0.25) is 5.91 Å². The Bertz CT molecular complexity index is 645. The molecule has 0 saturated carbocycles. The summed E-state index contributed by atoms with van der Waals surface area (Å²) in [5, 5.41) is 2.51. The Morgan fingerprint density at radius 1 is 1.36 bits per heavy atom. The molecule has 0 aliphatic heterocycles. The molecule has 0 aliphatic carbocycles. The van der Waals surface area contributed by atoms with Crippen LogP contribution in [-0.4, -0.2) is 28.8 Å². The van der Waals surface area contributed by atoms with Crippen molar-refractivity contribution in [2.45, 2.75) is 33.2 Å². The predicted octanol–water partition coefficient (Wildman–Crippen LogP) is 0.150. The Labute approximate surface area is 128 Å². The second-order valence-electron chi connectivity index (χ2n) is 5.56. The van der Waals surface area contributed by atoms with Crippen LogP contribution in [0.15, 0.2) is 9.59 Å². The molecule has 0 atom stereocenters. The van der Waals surface area contributed by atoms with Crippen LogP contribution in [0.4, 0.5) is 11.5 Å². The Kier molecular flexibility index (Phi) is 6.36. The molecule has 1 aromatic rings. The van der Waals surface area contributed by atoms with E-state index in [1.807, 2.05) is 13.8 Å². The molecule has 0 radical (unpaired) electrons. The number of methoxy groups -OCH3 is 1. The highest BCUT2D eigenvalue weighted by atomic mass is 16.5. The first-order chi connectivity index (χ1) is 10.3. The van der Waals surface area contributed by atoms with Gasteiger partial charge in [-0.05, 0) is 12.3 Å². The largest absolute Gasteiger partial charge is 0.385 e. The van der Waals surface area contributed by atoms with E-state index in [-0.39, 0.29) is 29.8 Å². The van der Waals surface area contributed by atoms with E-state index in [1.54, 1.807) is 7.11 Å². The number of carbonyl (C=O) groups is 1. The van der Waals surface area contributed by atoms with E-state index in [2.05, 4.69) is 5.32 Å². The maximum atomic E-state index is 12.1. The SMILES string of the molecule is COCCCC(=O)Nc1c(N)n(CC(C)C)c(=O)n(C)c1=O. The Morgan fingerprint density at radius 3 is 2.55 bits per heavy atom. The van der Waals surface area contributed by atoms with Gasteiger partial charge in [0.1, 0.15) is 11.5 Å². The molecule has 0 bridgehead atoms. The number of ether oxygens (including phenoxy) is 1. The van der Waals surface area contributed by atoms with Gasteiger partial charge in [-0.25, -0.2) is 4.79 Å². The van der Waals surface area contributed by atoms with Crippen LogP contribution in [-0.2, 0) is 23.1 Å². The molecule has 0 aliphatic rings. The van der Waals surface area contributed by atoms with Crippen LogP contribution in [0.25, 0.3) is 0 Å². The van der Waals surface area contributed by atoms with Crippen LogP contribution in [0, 0.1) is 5.92 Å². The maximum absolute atomic E-state index is 12.1. The number of carbonyl (C=O) groups excluding carboxylic acids is 1. The van der Waals surface area contributed by atoms with Gasteiger partial charge in [-0.1, -0.05) is 13.8 Å². The fourth-order valence-corrected chi connectivity index (χ4v) is 2.02. The van der Waals surface area contributed by atoms with Gasteiger partial charge >= 0.3 is 5.69 Å². The standard InChI is InChI=1S/C14H24N4O4/c1-9(2)8-18-12(15)11(13(20)17(3)14(18)21)16-10(19)6-5-7-22-4/h9H,5-8,15H2,1-4H3,(H,16,19). The van der Waals surface area contributed by atoms with Gasteiger partial charge < -0.3 is 15.8 Å². The molecule has 1 aromatic heterocycles. The minimum Gasteiger partial charge on any atom is -0.385 e. The lowest BCUT2D eigenvalue weighted by Crippen LogP contribution is -2.42. The van der Waals surface area contributed by atoms with Gasteiger partial charge in [-0.3, -0.25) is 18.7 Å². The van der Waals surface area contributed by atoms with Crippen LogP contribution in [0.2, 0.25) is 0 Å². The summed E-state index contributed by atoms with van der Waals surface area (Å²) >= 11 is 0. The zero-order chi connectivity index (χ0) is 16.9. The number of aromatic nitrogens is 2. The van der Waals surface area contributed by atoms with Gasteiger partial charge in [0, 0.05) is 33.7 Å². The van der Waals surface area contributed by atoms with Crippen molar-refractivity contribution in [1.29, 1.82) is 0 Å². The highest BCUT2D eigenvalue weighted by Gasteiger charge is 2.17. The molecule has 1 heterocycles. The second kappa shape index (κ2) is 7.79. The molecule has 1 amide bonds. The first-order valence-electron chi connectivity index (χ1n) is 7.17. The van der Waals surface area contributed by atoms with Crippen molar-refractivity contribution in [3.63, 3.8) is 0 Å². The van der Waals surface area contributed by atoms with Crippen molar-refractivity contribution in [2.75, 3.05) is 24.8 Å². The van der Waals surface area contributed by atoms with Crippen LogP contribution >= 0.6 is 0 Å². The number of nitrogens with two attached hydrogens (primary N) is 1. The summed E-state index contributed by atoms with van der Waals surface area (Å²) < 4.78 is 7.12. The van der Waals surface area contributed by atoms with Gasteiger partial charge in [0.25, 0.3) is 5.56 Å². The first-order valence-corrected chi connectivity index (χ1v) is 7.17. The number of rotatable bonds is 7. The van der Waals surface area contributed by atoms with E-state index in [4.69, 9.17) is 10.5 Å². The molecule has 3 N–H and O–H groups in total. The van der Waals surface area contributed by atoms with Crippen LogP contribution in [0.3, 0.4) is 0 Å². The van der Waals surface area contributed by atoms with Crippen molar-refractivity contribution in [1.82, 2.24) is 9.13 Å². The van der Waals surface area contributed by atoms with E-state index >= 15 is 0 Å². The topological polar surface area (TPSA) is 108 Å². The molecule has 22 heavy (non-hydrogen) atoms. The van der Waals surface area contributed by atoms with E-state index in [9.17, 15) is 14.4 Å². The Hall–Kier alpha value is -2.09. The number of nitrogen functional groups attached to an aromatic ring is 1. The zero-order valence-corrected chi connectivity index (χ0v) is 13.5. The summed E-state index contributed by atoms with van der Waals surface area (Å²) in [4.78, 5) is 36.1. The smallest absolute Gasteiger partial charge is 0.332 e. The third-order valence-corrected chi connectivity index (χ3v) is 3.15. The monoisotopic (exact) mass is 312 g/mol. The van der Waals surface area contributed by atoms with E-state index in [0.717, 1.165) is 4.57 Å². The molecule has 8 nitrogen and oxygen atoms in total. The van der Waals surface area contributed by atoms with E-state index in [0.29, 0.717) is 19.6 Å². The lowest BCUT2D eigenvalue weighted by atomic mass is 10.2. The molecule has 8 heteroatoms. The minimum atomic E-state index is -0.609. The molecular formula is C14H24N4O4. The number of amides is 1. The van der Waals surface area contributed by atoms with Gasteiger partial charge in [0.05, 0.1) is 0 Å². The Morgan fingerprint density at radius 2 is 2.00 bits per heavy atom. The number of anilines is 2. The number of hydrogen-bond donors (Lipinski definition) is 2. The van der Waals surface area contributed by atoms with Crippen molar-refractivity contribution < 1.29 is 9.53 Å². The fraction of sp³-hybridized carbons (Fsp3) is 0.643. The highest BCUT2D eigenvalue weighted by Crippen LogP contribution is 2.13. The van der Waals surface area contributed by atoms with Crippen LogP contribution < -0.4 is 22.3 Å². The molecule has 0 saturated heterocycles. The lowest BCUT2D eigenvalue weighted by Gasteiger charge is -2.16. The van der Waals surface area contributed by atoms with Gasteiger partial charge in [0.15, 0.2) is 0 Å². The number of hydrogen-bond acceptors (Lipinski definition) is 5. The summed E-state index contributed by atoms with van der Waals surface area (Å²) in [6, 6.07) is 0. The van der Waals surface area contributed by atoms with Crippen molar-refractivity contribution in [2.24, 2.45) is 13.0 Å². The molecule has 1 rings (SSSR count). The summed E-state index contributed by atoms with van der Waals surface area (Å²) in [5.41, 5.74) is 4.76. The summed E-state index contributed by atoms with van der Waals surface area (Å²) in [7, 11) is 2.91. The normalized spacial score (nSPS) is 11.0. The van der Waals surface area contributed by atoms with Crippen LogP contribution in [0.1, 0.15) is 26.7 Å². The van der Waals surface area contributed by atoms with E-state index < -0.39 is 11.2 Å². The average molecular weight is 312 g/mol. The fourth-order valence-electron chi connectivity index (χ4n) is 2.02. The molecule has 0 spiro atoms. The number of nitrogens with zero attached hydrogens (tertiary/aromatic N) is 2. The average Bonchev–Trinajstić information content (AvgIpc) is 2.46. The van der Waals surface area contributed by atoms with Gasteiger partial charge in [-0.2, -0.15) is 0 Å². The molecule has 124 valence electrons. The maximum Gasteiger partial charge on any atom is 0.332 e. The quantitative estimate of drug-likeness (QED) is 0.697. The minimum absolute atomic E-state index is 0.0121. The Balaban J connectivity index is 3.14. The summed E-state index contributed by atoms with van der Waals surface area (Å²) in [6.07, 6.45) is 0.744. The summed E-state index contributed by atoms with van der Waals surface area (Å²) in [6.45, 7) is 4.68. The second-order valence-corrected chi connectivity index (χ2v) is 5.56. The number of nitrogens with one attached hydrogen (secondary N) is 1. The van der Waals surface area contributed by atoms with Crippen LogP contribution in [0.5, 0.6) is 0 Å².